The fourth-order valence-electron chi connectivity index (χ4n) is 1.73. The minimum Gasteiger partial charge on any atom is -0.452 e. The van der Waals surface area contributed by atoms with Gasteiger partial charge in [0.05, 0.1) is 5.02 Å². The molecule has 0 fully saturated rings. The van der Waals surface area contributed by atoms with Gasteiger partial charge in [-0.2, -0.15) is 0 Å². The average molecular weight is 328 g/mol. The largest absolute Gasteiger partial charge is 0.452 e. The second-order valence-electron chi connectivity index (χ2n) is 4.70. The summed E-state index contributed by atoms with van der Waals surface area (Å²) in [4.78, 5) is 23.1. The van der Waals surface area contributed by atoms with Crippen LogP contribution >= 0.6 is 11.6 Å². The Kier molecular flexibility index (Phi) is 7.60. The quantitative estimate of drug-likeness (QED) is 0.617. The molecule has 0 aliphatic carbocycles. The maximum atomic E-state index is 13.0. The average Bonchev–Trinajstić information content (AvgIpc) is 2.51. The molecule has 0 spiro atoms. The summed E-state index contributed by atoms with van der Waals surface area (Å²) >= 11 is 5.63. The molecule has 0 atom stereocenters. The van der Waals surface area contributed by atoms with Crippen LogP contribution < -0.4 is 5.32 Å². The number of ether oxygens (including phenoxy) is 1. The van der Waals surface area contributed by atoms with Crippen LogP contribution in [0.1, 0.15) is 32.3 Å². The number of hydrogen-bond acceptors (Lipinski definition) is 3. The lowest BCUT2D eigenvalue weighted by molar-refractivity contribution is -0.144. The van der Waals surface area contributed by atoms with E-state index in [2.05, 4.69) is 5.32 Å². The Morgan fingerprint density at radius 1 is 1.36 bits per heavy atom. The lowest BCUT2D eigenvalue weighted by Crippen LogP contribution is -2.36. The Morgan fingerprint density at radius 2 is 2.05 bits per heavy atom. The lowest BCUT2D eigenvalue weighted by Gasteiger charge is -2.14. The maximum Gasteiger partial charge on any atom is 0.331 e. The summed E-state index contributed by atoms with van der Waals surface area (Å²) in [7, 11) is 0. The Labute approximate surface area is 134 Å². The molecule has 22 heavy (non-hydrogen) atoms. The highest BCUT2D eigenvalue weighted by atomic mass is 35.5. The van der Waals surface area contributed by atoms with E-state index in [4.69, 9.17) is 16.3 Å². The van der Waals surface area contributed by atoms with Gasteiger partial charge >= 0.3 is 5.97 Å². The van der Waals surface area contributed by atoms with Gasteiger partial charge in [-0.25, -0.2) is 9.18 Å². The summed E-state index contributed by atoms with van der Waals surface area (Å²) in [6, 6.07) is 4.16. The van der Waals surface area contributed by atoms with E-state index in [-0.39, 0.29) is 23.6 Å². The molecule has 1 rings (SSSR count). The zero-order chi connectivity index (χ0) is 16.5. The van der Waals surface area contributed by atoms with E-state index >= 15 is 0 Å². The van der Waals surface area contributed by atoms with Crippen molar-refractivity contribution in [2.45, 2.75) is 32.7 Å². The second kappa shape index (κ2) is 9.20. The molecule has 0 saturated carbocycles. The van der Waals surface area contributed by atoms with Crippen LogP contribution in [0.2, 0.25) is 5.02 Å². The van der Waals surface area contributed by atoms with Crippen molar-refractivity contribution in [1.29, 1.82) is 0 Å². The van der Waals surface area contributed by atoms with Gasteiger partial charge in [0.25, 0.3) is 5.91 Å². The monoisotopic (exact) mass is 327 g/mol. The van der Waals surface area contributed by atoms with Crippen molar-refractivity contribution in [3.63, 3.8) is 0 Å². The molecule has 0 radical (unpaired) electrons. The molecule has 0 heterocycles. The van der Waals surface area contributed by atoms with Crippen molar-refractivity contribution in [2.24, 2.45) is 0 Å². The third-order valence-corrected chi connectivity index (χ3v) is 3.34. The smallest absolute Gasteiger partial charge is 0.331 e. The van der Waals surface area contributed by atoms with Gasteiger partial charge in [0.2, 0.25) is 0 Å². The van der Waals surface area contributed by atoms with Crippen LogP contribution in [-0.2, 0) is 14.3 Å². The predicted molar refractivity (Wildman–Crippen MR) is 83.9 cm³/mol. The number of halogens is 2. The number of amides is 1. The molecule has 6 heteroatoms. The Balaban J connectivity index is 2.44. The summed E-state index contributed by atoms with van der Waals surface area (Å²) in [5, 5.41) is 2.73. The van der Waals surface area contributed by atoms with Crippen molar-refractivity contribution in [3.8, 4) is 0 Å². The fraction of sp³-hybridized carbons (Fsp3) is 0.375. The molecule has 1 amide bonds. The molecule has 1 aromatic carbocycles. The summed E-state index contributed by atoms with van der Waals surface area (Å²) in [5.41, 5.74) is 0.560. The first-order valence-corrected chi connectivity index (χ1v) is 7.43. The highest BCUT2D eigenvalue weighted by Gasteiger charge is 2.09. The van der Waals surface area contributed by atoms with Crippen molar-refractivity contribution < 1.29 is 18.7 Å². The molecule has 120 valence electrons. The Bertz CT molecular complexity index is 556. The van der Waals surface area contributed by atoms with Crippen LogP contribution in [0.4, 0.5) is 4.39 Å². The van der Waals surface area contributed by atoms with E-state index in [1.165, 1.54) is 24.3 Å². The second-order valence-corrected chi connectivity index (χ2v) is 5.10. The van der Waals surface area contributed by atoms with Crippen LogP contribution in [0.25, 0.3) is 6.08 Å². The predicted octanol–water partition coefficient (Wildman–Crippen LogP) is 3.34. The first-order chi connectivity index (χ1) is 10.5. The van der Waals surface area contributed by atoms with E-state index in [1.807, 2.05) is 13.8 Å². The van der Waals surface area contributed by atoms with Crippen LogP contribution in [0, 0.1) is 5.82 Å². The minimum atomic E-state index is -0.653. The van der Waals surface area contributed by atoms with Gasteiger partial charge in [-0.3, -0.25) is 4.79 Å². The molecule has 0 unspecified atom stereocenters. The first-order valence-electron chi connectivity index (χ1n) is 7.05. The molecule has 0 bridgehead atoms. The van der Waals surface area contributed by atoms with Gasteiger partial charge in [-0.15, -0.1) is 0 Å². The third-order valence-electron chi connectivity index (χ3n) is 3.05. The number of rotatable bonds is 7. The van der Waals surface area contributed by atoms with E-state index in [1.54, 1.807) is 0 Å². The number of carbonyl (C=O) groups is 2. The van der Waals surface area contributed by atoms with Gasteiger partial charge in [0, 0.05) is 12.1 Å². The standard InChI is InChI=1S/C16H19ClFNO3/c1-3-12(4-2)19-15(20)10-22-16(21)8-6-11-5-7-14(18)13(17)9-11/h5-9,12H,3-4,10H2,1-2H3,(H,19,20)/b8-6+. The normalized spacial score (nSPS) is 11.0. The molecule has 1 N–H and O–H groups in total. The Hall–Kier alpha value is -1.88. The van der Waals surface area contributed by atoms with E-state index < -0.39 is 11.8 Å². The summed E-state index contributed by atoms with van der Waals surface area (Å²) < 4.78 is 17.8. The van der Waals surface area contributed by atoms with Gasteiger partial charge in [0.1, 0.15) is 5.82 Å². The topological polar surface area (TPSA) is 55.4 Å². The number of nitrogens with one attached hydrogen (secondary N) is 1. The summed E-state index contributed by atoms with van der Waals surface area (Å²) in [5.74, 6) is -1.51. The zero-order valence-corrected chi connectivity index (χ0v) is 13.3. The van der Waals surface area contributed by atoms with E-state index in [0.29, 0.717) is 5.56 Å². The highest BCUT2D eigenvalue weighted by Crippen LogP contribution is 2.16. The highest BCUT2D eigenvalue weighted by molar-refractivity contribution is 6.30. The summed E-state index contributed by atoms with van der Waals surface area (Å²) in [6.07, 6.45) is 4.24. The van der Waals surface area contributed by atoms with Crippen LogP contribution in [0.15, 0.2) is 24.3 Å². The lowest BCUT2D eigenvalue weighted by atomic mass is 10.2. The maximum absolute atomic E-state index is 13.0. The number of benzene rings is 1. The van der Waals surface area contributed by atoms with Gasteiger partial charge in [-0.1, -0.05) is 31.5 Å². The minimum absolute atomic E-state index is 0.0277. The number of esters is 1. The van der Waals surface area contributed by atoms with Crippen molar-refractivity contribution in [2.75, 3.05) is 6.61 Å². The molecule has 4 nitrogen and oxygen atoms in total. The SMILES string of the molecule is CCC(CC)NC(=O)COC(=O)/C=C/c1ccc(F)c(Cl)c1. The van der Waals surface area contributed by atoms with Gasteiger partial charge in [-0.05, 0) is 36.6 Å². The van der Waals surface area contributed by atoms with Crippen molar-refractivity contribution in [3.05, 3.63) is 40.7 Å². The van der Waals surface area contributed by atoms with Crippen molar-refractivity contribution >= 4 is 29.6 Å². The van der Waals surface area contributed by atoms with Crippen molar-refractivity contribution in [1.82, 2.24) is 5.32 Å². The van der Waals surface area contributed by atoms with Crippen LogP contribution in [0.5, 0.6) is 0 Å². The summed E-state index contributed by atoms with van der Waals surface area (Å²) in [6.45, 7) is 3.61. The molecule has 0 saturated heterocycles. The van der Waals surface area contributed by atoms with Gasteiger partial charge < -0.3 is 10.1 Å². The number of hydrogen-bond donors (Lipinski definition) is 1. The third kappa shape index (κ3) is 6.26. The molecule has 0 aromatic heterocycles. The van der Waals surface area contributed by atoms with Crippen LogP contribution in [-0.4, -0.2) is 24.5 Å². The fourth-order valence-corrected chi connectivity index (χ4v) is 1.92. The van der Waals surface area contributed by atoms with E-state index in [0.717, 1.165) is 18.9 Å². The first kappa shape index (κ1) is 18.2. The molecular weight excluding hydrogens is 309 g/mol. The molecule has 0 aliphatic rings. The molecule has 0 aliphatic heterocycles. The van der Waals surface area contributed by atoms with E-state index in [9.17, 15) is 14.0 Å². The molecule has 1 aromatic rings. The zero-order valence-electron chi connectivity index (χ0n) is 12.6. The van der Waals surface area contributed by atoms with Crippen LogP contribution in [0.3, 0.4) is 0 Å². The number of carbonyl (C=O) groups excluding carboxylic acids is 2. The molecular formula is C16H19ClFNO3. The Morgan fingerprint density at radius 3 is 2.64 bits per heavy atom. The van der Waals surface area contributed by atoms with Gasteiger partial charge in [0.15, 0.2) is 6.61 Å².